The summed E-state index contributed by atoms with van der Waals surface area (Å²) in [6, 6.07) is 11.5. The molecule has 2 aliphatic rings. The van der Waals surface area contributed by atoms with E-state index in [0.717, 1.165) is 12.0 Å². The first-order valence-electron chi connectivity index (χ1n) is 7.61. The van der Waals surface area contributed by atoms with Crippen molar-refractivity contribution in [3.63, 3.8) is 0 Å². The Morgan fingerprint density at radius 3 is 2.74 bits per heavy atom. The van der Waals surface area contributed by atoms with Gasteiger partial charge < -0.3 is 5.32 Å². The van der Waals surface area contributed by atoms with E-state index in [4.69, 9.17) is 0 Å². The largest absolute Gasteiger partial charge is 0.375 e. The molecule has 3 atom stereocenters. The Labute approximate surface area is 132 Å². The van der Waals surface area contributed by atoms with Gasteiger partial charge in [0.15, 0.2) is 0 Å². The molecular formula is C18H15FN2O2. The van der Waals surface area contributed by atoms with Crippen molar-refractivity contribution in [3.8, 4) is 0 Å². The summed E-state index contributed by atoms with van der Waals surface area (Å²) in [5.41, 5.74) is 2.09. The fraction of sp³-hybridized carbons (Fsp3) is 0.222. The van der Waals surface area contributed by atoms with Crippen LogP contribution < -0.4 is 5.32 Å². The summed E-state index contributed by atoms with van der Waals surface area (Å²) in [5.74, 6) is -0.0676. The number of nitro benzene ring substituents is 1. The SMILES string of the molecule is O=[N+]([O-])c1ccccc1[C@@H]1Nc2c(F)cccc2[C@@H]2C=CC[C@@H]21. The third-order valence-corrected chi connectivity index (χ3v) is 4.81. The molecule has 0 aromatic heterocycles. The maximum atomic E-state index is 14.3. The van der Waals surface area contributed by atoms with Gasteiger partial charge in [0, 0.05) is 12.0 Å². The van der Waals surface area contributed by atoms with Gasteiger partial charge >= 0.3 is 0 Å². The monoisotopic (exact) mass is 310 g/mol. The maximum absolute atomic E-state index is 14.3. The Morgan fingerprint density at radius 2 is 1.91 bits per heavy atom. The van der Waals surface area contributed by atoms with Crippen LogP contribution in [0.15, 0.2) is 54.6 Å². The third-order valence-electron chi connectivity index (χ3n) is 4.81. The van der Waals surface area contributed by atoms with Crippen molar-refractivity contribution in [2.45, 2.75) is 18.4 Å². The molecule has 0 bridgehead atoms. The topological polar surface area (TPSA) is 55.2 Å². The summed E-state index contributed by atoms with van der Waals surface area (Å²) < 4.78 is 14.3. The van der Waals surface area contributed by atoms with Crippen molar-refractivity contribution in [2.75, 3.05) is 5.32 Å². The van der Waals surface area contributed by atoms with Crippen molar-refractivity contribution in [3.05, 3.63) is 81.7 Å². The second-order valence-electron chi connectivity index (χ2n) is 6.00. The van der Waals surface area contributed by atoms with E-state index in [1.807, 2.05) is 6.07 Å². The van der Waals surface area contributed by atoms with Gasteiger partial charge in [-0.3, -0.25) is 10.1 Å². The standard InChI is InChI=1S/C18H15FN2O2/c19-15-9-4-8-13-11-6-3-7-12(11)17(20-18(13)15)14-5-1-2-10-16(14)21(22)23/h1-6,8-12,17,20H,7H2/t11-,12+,17-/m1/s1. The molecule has 116 valence electrons. The van der Waals surface area contributed by atoms with Crippen LogP contribution in [0.25, 0.3) is 0 Å². The Hall–Kier alpha value is -2.69. The van der Waals surface area contributed by atoms with Crippen LogP contribution in [0.5, 0.6) is 0 Å². The molecule has 2 aromatic rings. The summed E-state index contributed by atoms with van der Waals surface area (Å²) in [6.45, 7) is 0. The predicted molar refractivity (Wildman–Crippen MR) is 85.8 cm³/mol. The van der Waals surface area contributed by atoms with E-state index in [2.05, 4.69) is 17.5 Å². The van der Waals surface area contributed by atoms with Crippen LogP contribution in [-0.2, 0) is 0 Å². The lowest BCUT2D eigenvalue weighted by Crippen LogP contribution is -2.30. The smallest absolute Gasteiger partial charge is 0.274 e. The summed E-state index contributed by atoms with van der Waals surface area (Å²) in [6.07, 6.45) is 4.99. The molecule has 0 fully saturated rings. The summed E-state index contributed by atoms with van der Waals surface area (Å²) in [7, 11) is 0. The molecule has 2 aromatic carbocycles. The van der Waals surface area contributed by atoms with Crippen LogP contribution in [0.2, 0.25) is 0 Å². The molecule has 1 aliphatic heterocycles. The summed E-state index contributed by atoms with van der Waals surface area (Å²) >= 11 is 0. The Balaban J connectivity index is 1.86. The number of allylic oxidation sites excluding steroid dienone is 2. The van der Waals surface area contributed by atoms with E-state index >= 15 is 0 Å². The summed E-state index contributed by atoms with van der Waals surface area (Å²) in [4.78, 5) is 11.0. The van der Waals surface area contributed by atoms with Crippen molar-refractivity contribution in [1.29, 1.82) is 0 Å². The normalized spacial score (nSPS) is 24.7. The average molecular weight is 310 g/mol. The molecule has 4 rings (SSSR count). The molecule has 0 radical (unpaired) electrons. The zero-order valence-electron chi connectivity index (χ0n) is 12.3. The highest BCUT2D eigenvalue weighted by Crippen LogP contribution is 2.51. The molecule has 1 aliphatic carbocycles. The molecule has 5 heteroatoms. The molecule has 1 heterocycles. The lowest BCUT2D eigenvalue weighted by atomic mass is 9.76. The lowest BCUT2D eigenvalue weighted by Gasteiger charge is -2.37. The number of fused-ring (bicyclic) bond motifs is 3. The van der Waals surface area contributed by atoms with Crippen LogP contribution in [0.1, 0.15) is 29.5 Å². The number of nitrogens with one attached hydrogen (secondary N) is 1. The van der Waals surface area contributed by atoms with E-state index in [-0.39, 0.29) is 34.3 Å². The van der Waals surface area contributed by atoms with E-state index in [1.54, 1.807) is 24.3 Å². The first-order valence-corrected chi connectivity index (χ1v) is 7.61. The van der Waals surface area contributed by atoms with Crippen molar-refractivity contribution < 1.29 is 9.31 Å². The molecule has 0 saturated carbocycles. The predicted octanol–water partition coefficient (Wildman–Crippen LogP) is 4.56. The fourth-order valence-electron chi connectivity index (χ4n) is 3.81. The maximum Gasteiger partial charge on any atom is 0.274 e. The Kier molecular flexibility index (Phi) is 3.15. The number of nitrogens with zero attached hydrogens (tertiary/aromatic N) is 1. The van der Waals surface area contributed by atoms with Crippen LogP contribution >= 0.6 is 0 Å². The van der Waals surface area contributed by atoms with Gasteiger partial charge in [-0.15, -0.1) is 0 Å². The van der Waals surface area contributed by atoms with Crippen molar-refractivity contribution in [1.82, 2.24) is 0 Å². The van der Waals surface area contributed by atoms with Crippen LogP contribution in [-0.4, -0.2) is 4.92 Å². The Morgan fingerprint density at radius 1 is 1.13 bits per heavy atom. The quantitative estimate of drug-likeness (QED) is 0.502. The molecule has 4 nitrogen and oxygen atoms in total. The zero-order valence-corrected chi connectivity index (χ0v) is 12.3. The van der Waals surface area contributed by atoms with E-state index in [1.165, 1.54) is 12.1 Å². The van der Waals surface area contributed by atoms with Gasteiger partial charge in [-0.2, -0.15) is 0 Å². The molecule has 1 N–H and O–H groups in total. The van der Waals surface area contributed by atoms with Crippen LogP contribution in [0, 0.1) is 21.8 Å². The van der Waals surface area contributed by atoms with Gasteiger partial charge in [0.1, 0.15) is 5.82 Å². The second kappa shape index (κ2) is 5.19. The Bertz CT molecular complexity index is 818. The number of benzene rings is 2. The molecule has 23 heavy (non-hydrogen) atoms. The molecule has 0 spiro atoms. The first-order chi connectivity index (χ1) is 11.2. The highest BCUT2D eigenvalue weighted by atomic mass is 19.1. The number of nitro groups is 1. The van der Waals surface area contributed by atoms with E-state index in [0.29, 0.717) is 11.3 Å². The van der Waals surface area contributed by atoms with Crippen LogP contribution in [0.3, 0.4) is 0 Å². The minimum Gasteiger partial charge on any atom is -0.375 e. The number of rotatable bonds is 2. The molecule has 0 saturated heterocycles. The first kappa shape index (κ1) is 13.9. The highest BCUT2D eigenvalue weighted by Gasteiger charge is 2.40. The zero-order chi connectivity index (χ0) is 16.0. The number of hydrogen-bond acceptors (Lipinski definition) is 3. The molecule has 0 unspecified atom stereocenters. The average Bonchev–Trinajstić information content (AvgIpc) is 3.04. The van der Waals surface area contributed by atoms with Gasteiger partial charge in [0.2, 0.25) is 0 Å². The van der Waals surface area contributed by atoms with E-state index < -0.39 is 0 Å². The van der Waals surface area contributed by atoms with Crippen molar-refractivity contribution >= 4 is 11.4 Å². The fourth-order valence-corrected chi connectivity index (χ4v) is 3.81. The number of para-hydroxylation sites is 2. The second-order valence-corrected chi connectivity index (χ2v) is 6.00. The summed E-state index contributed by atoms with van der Waals surface area (Å²) in [5, 5.41) is 14.6. The number of hydrogen-bond donors (Lipinski definition) is 1. The minimum atomic E-state index is -0.370. The van der Waals surface area contributed by atoms with E-state index in [9.17, 15) is 14.5 Å². The van der Waals surface area contributed by atoms with Gasteiger partial charge in [0.25, 0.3) is 5.69 Å². The van der Waals surface area contributed by atoms with Gasteiger partial charge in [-0.25, -0.2) is 4.39 Å². The molecule has 0 amide bonds. The minimum absolute atomic E-state index is 0.0791. The van der Waals surface area contributed by atoms with Crippen molar-refractivity contribution in [2.24, 2.45) is 5.92 Å². The van der Waals surface area contributed by atoms with Gasteiger partial charge in [-0.05, 0) is 24.0 Å². The van der Waals surface area contributed by atoms with Gasteiger partial charge in [-0.1, -0.05) is 42.5 Å². The van der Waals surface area contributed by atoms with Crippen LogP contribution in [0.4, 0.5) is 15.8 Å². The molecular weight excluding hydrogens is 295 g/mol. The lowest BCUT2D eigenvalue weighted by molar-refractivity contribution is -0.385. The number of anilines is 1. The number of halogens is 1. The third kappa shape index (κ3) is 2.11. The highest BCUT2D eigenvalue weighted by molar-refractivity contribution is 5.62. The van der Waals surface area contributed by atoms with Gasteiger partial charge in [0.05, 0.1) is 22.2 Å².